The van der Waals surface area contributed by atoms with Gasteiger partial charge in [-0.15, -0.1) is 0 Å². The molecule has 4 heteroatoms. The number of hydrogen-bond acceptors (Lipinski definition) is 4. The lowest BCUT2D eigenvalue weighted by molar-refractivity contribution is -0.153. The normalized spacial score (nSPS) is 11.5. The molecular formula is C12H25NO3. The molecule has 0 aliphatic heterocycles. The van der Waals surface area contributed by atoms with E-state index in [-0.39, 0.29) is 5.97 Å². The van der Waals surface area contributed by atoms with Gasteiger partial charge in [0.15, 0.2) is 0 Å². The zero-order valence-electron chi connectivity index (χ0n) is 11.0. The van der Waals surface area contributed by atoms with Crippen molar-refractivity contribution in [2.75, 3.05) is 26.8 Å². The van der Waals surface area contributed by atoms with Crippen molar-refractivity contribution in [3.63, 3.8) is 0 Å². The number of unbranched alkanes of at least 4 members (excludes halogenated alkanes) is 2. The number of esters is 1. The van der Waals surface area contributed by atoms with Crippen LogP contribution in [0.4, 0.5) is 0 Å². The van der Waals surface area contributed by atoms with Crippen LogP contribution in [0.15, 0.2) is 0 Å². The Morgan fingerprint density at radius 2 is 1.88 bits per heavy atom. The highest BCUT2D eigenvalue weighted by Gasteiger charge is 2.15. The summed E-state index contributed by atoms with van der Waals surface area (Å²) in [5, 5.41) is 3.07. The second-order valence-corrected chi connectivity index (χ2v) is 4.82. The Morgan fingerprint density at radius 1 is 1.19 bits per heavy atom. The number of ether oxygens (including phenoxy) is 2. The van der Waals surface area contributed by atoms with Crippen molar-refractivity contribution in [1.29, 1.82) is 0 Å². The van der Waals surface area contributed by atoms with Crippen LogP contribution in [0.2, 0.25) is 0 Å². The van der Waals surface area contributed by atoms with Crippen molar-refractivity contribution in [2.45, 2.75) is 45.6 Å². The maximum Gasteiger partial charge on any atom is 0.320 e. The van der Waals surface area contributed by atoms with Gasteiger partial charge in [-0.05, 0) is 46.6 Å². The lowest BCUT2D eigenvalue weighted by atomic mass is 10.2. The van der Waals surface area contributed by atoms with Crippen LogP contribution < -0.4 is 5.32 Å². The van der Waals surface area contributed by atoms with E-state index in [1.165, 1.54) is 0 Å². The Labute approximate surface area is 98.7 Å². The van der Waals surface area contributed by atoms with Gasteiger partial charge in [0.1, 0.15) is 5.60 Å². The molecule has 0 radical (unpaired) electrons. The van der Waals surface area contributed by atoms with E-state index in [0.717, 1.165) is 32.4 Å². The molecule has 0 heterocycles. The molecule has 0 aromatic carbocycles. The number of carbonyl (C=O) groups excluding carboxylic acids is 1. The Kier molecular flexibility index (Phi) is 8.21. The van der Waals surface area contributed by atoms with E-state index < -0.39 is 5.60 Å². The molecule has 0 aromatic rings. The highest BCUT2D eigenvalue weighted by atomic mass is 16.6. The van der Waals surface area contributed by atoms with Gasteiger partial charge >= 0.3 is 5.97 Å². The minimum absolute atomic E-state index is 0.190. The van der Waals surface area contributed by atoms with E-state index in [2.05, 4.69) is 5.32 Å². The van der Waals surface area contributed by atoms with Gasteiger partial charge in [0.25, 0.3) is 0 Å². The average Bonchev–Trinajstić information content (AvgIpc) is 2.13. The first-order chi connectivity index (χ1) is 7.45. The molecule has 0 aliphatic rings. The fraction of sp³-hybridized carbons (Fsp3) is 0.917. The van der Waals surface area contributed by atoms with Crippen LogP contribution >= 0.6 is 0 Å². The Hall–Kier alpha value is -0.610. The maximum atomic E-state index is 11.3. The minimum atomic E-state index is -0.392. The molecule has 0 fully saturated rings. The number of rotatable bonds is 8. The fourth-order valence-electron chi connectivity index (χ4n) is 1.24. The maximum absolute atomic E-state index is 11.3. The minimum Gasteiger partial charge on any atom is -0.459 e. The monoisotopic (exact) mass is 231 g/mol. The predicted octanol–water partition coefficient (Wildman–Crippen LogP) is 1.73. The summed E-state index contributed by atoms with van der Waals surface area (Å²) in [7, 11) is 1.71. The van der Waals surface area contributed by atoms with Gasteiger partial charge in [-0.2, -0.15) is 0 Å². The molecule has 16 heavy (non-hydrogen) atoms. The van der Waals surface area contributed by atoms with Gasteiger partial charge in [0.05, 0.1) is 6.54 Å². The third-order valence-corrected chi connectivity index (χ3v) is 1.89. The molecule has 0 aromatic heterocycles. The molecule has 0 rings (SSSR count). The molecule has 0 saturated heterocycles. The summed E-state index contributed by atoms with van der Waals surface area (Å²) < 4.78 is 10.1. The van der Waals surface area contributed by atoms with Gasteiger partial charge in [0, 0.05) is 13.7 Å². The average molecular weight is 231 g/mol. The molecule has 0 bridgehead atoms. The number of nitrogens with one attached hydrogen (secondary N) is 1. The highest BCUT2D eigenvalue weighted by Crippen LogP contribution is 2.06. The number of hydrogen-bond donors (Lipinski definition) is 1. The second kappa shape index (κ2) is 8.53. The molecule has 96 valence electrons. The zero-order chi connectivity index (χ0) is 12.4. The van der Waals surface area contributed by atoms with Gasteiger partial charge < -0.3 is 14.8 Å². The third-order valence-electron chi connectivity index (χ3n) is 1.89. The van der Waals surface area contributed by atoms with E-state index >= 15 is 0 Å². The summed E-state index contributed by atoms with van der Waals surface area (Å²) in [6.07, 6.45) is 3.26. The number of carbonyl (C=O) groups is 1. The van der Waals surface area contributed by atoms with Crippen LogP contribution in [-0.4, -0.2) is 38.4 Å². The van der Waals surface area contributed by atoms with Crippen molar-refractivity contribution in [1.82, 2.24) is 5.32 Å². The predicted molar refractivity (Wildman–Crippen MR) is 64.4 cm³/mol. The first-order valence-electron chi connectivity index (χ1n) is 5.87. The lowest BCUT2D eigenvalue weighted by Gasteiger charge is -2.19. The molecule has 0 spiro atoms. The summed E-state index contributed by atoms with van der Waals surface area (Å²) in [5.74, 6) is -0.190. The molecular weight excluding hydrogens is 206 g/mol. The van der Waals surface area contributed by atoms with Crippen molar-refractivity contribution in [3.8, 4) is 0 Å². The van der Waals surface area contributed by atoms with Crippen molar-refractivity contribution >= 4 is 5.97 Å². The molecule has 0 amide bonds. The van der Waals surface area contributed by atoms with Crippen molar-refractivity contribution in [2.24, 2.45) is 0 Å². The molecule has 0 atom stereocenters. The van der Waals surface area contributed by atoms with Crippen LogP contribution in [0.25, 0.3) is 0 Å². The van der Waals surface area contributed by atoms with Crippen LogP contribution in [0.3, 0.4) is 0 Å². The van der Waals surface area contributed by atoms with Crippen molar-refractivity contribution < 1.29 is 14.3 Å². The molecule has 0 saturated carbocycles. The van der Waals surface area contributed by atoms with Crippen LogP contribution in [0, 0.1) is 0 Å². The topological polar surface area (TPSA) is 47.6 Å². The Bertz CT molecular complexity index is 187. The van der Waals surface area contributed by atoms with Crippen LogP contribution in [0.5, 0.6) is 0 Å². The van der Waals surface area contributed by atoms with E-state index in [1.54, 1.807) is 7.11 Å². The summed E-state index contributed by atoms with van der Waals surface area (Å²) >= 11 is 0. The zero-order valence-corrected chi connectivity index (χ0v) is 11.0. The first-order valence-corrected chi connectivity index (χ1v) is 5.87. The largest absolute Gasteiger partial charge is 0.459 e. The first kappa shape index (κ1) is 15.4. The van der Waals surface area contributed by atoms with Gasteiger partial charge in [-0.3, -0.25) is 4.79 Å². The Balaban J connectivity index is 3.28. The second-order valence-electron chi connectivity index (χ2n) is 4.82. The van der Waals surface area contributed by atoms with E-state index in [0.29, 0.717) is 6.54 Å². The molecule has 1 N–H and O–H groups in total. The van der Waals surface area contributed by atoms with Crippen LogP contribution in [0.1, 0.15) is 40.0 Å². The Morgan fingerprint density at radius 3 is 2.44 bits per heavy atom. The molecule has 0 aliphatic carbocycles. The SMILES string of the molecule is COCCCCCNCC(=O)OC(C)(C)C. The van der Waals surface area contributed by atoms with Crippen LogP contribution in [-0.2, 0) is 14.3 Å². The quantitative estimate of drug-likeness (QED) is 0.510. The standard InChI is InChI=1S/C12H25NO3/c1-12(2,3)16-11(14)10-13-8-6-5-7-9-15-4/h13H,5-10H2,1-4H3. The summed E-state index contributed by atoms with van der Waals surface area (Å²) in [5.41, 5.74) is -0.392. The molecule has 4 nitrogen and oxygen atoms in total. The van der Waals surface area contributed by atoms with E-state index in [4.69, 9.17) is 9.47 Å². The fourth-order valence-corrected chi connectivity index (χ4v) is 1.24. The lowest BCUT2D eigenvalue weighted by Crippen LogP contribution is -2.31. The smallest absolute Gasteiger partial charge is 0.320 e. The van der Waals surface area contributed by atoms with E-state index in [1.807, 2.05) is 20.8 Å². The summed E-state index contributed by atoms with van der Waals surface area (Å²) in [6.45, 7) is 7.57. The van der Waals surface area contributed by atoms with Gasteiger partial charge in [-0.25, -0.2) is 0 Å². The molecule has 0 unspecified atom stereocenters. The summed E-state index contributed by atoms with van der Waals surface area (Å²) in [4.78, 5) is 11.3. The highest BCUT2D eigenvalue weighted by molar-refractivity contribution is 5.72. The number of methoxy groups -OCH3 is 1. The third kappa shape index (κ3) is 11.5. The van der Waals surface area contributed by atoms with Gasteiger partial charge in [-0.1, -0.05) is 0 Å². The van der Waals surface area contributed by atoms with Crippen molar-refractivity contribution in [3.05, 3.63) is 0 Å². The van der Waals surface area contributed by atoms with E-state index in [9.17, 15) is 4.79 Å². The van der Waals surface area contributed by atoms with Gasteiger partial charge in [0.2, 0.25) is 0 Å². The summed E-state index contributed by atoms with van der Waals surface area (Å²) in [6, 6.07) is 0.